The molecule has 0 rings (SSSR count). The lowest BCUT2D eigenvalue weighted by atomic mass is 10.0. The van der Waals surface area contributed by atoms with E-state index in [2.05, 4.69) is 118 Å². The molecule has 0 aromatic heterocycles. The number of unbranched alkanes of at least 4 members (excludes halogenated alkanes) is 25. The van der Waals surface area contributed by atoms with Crippen molar-refractivity contribution < 1.29 is 28.6 Å². The molecular weight excluding hydrogens is 865 g/mol. The molecule has 0 bridgehead atoms. The van der Waals surface area contributed by atoms with E-state index in [1.54, 1.807) is 0 Å². The van der Waals surface area contributed by atoms with E-state index >= 15 is 0 Å². The van der Waals surface area contributed by atoms with Crippen LogP contribution in [0.2, 0.25) is 0 Å². The highest BCUT2D eigenvalue weighted by Crippen LogP contribution is 2.16. The minimum atomic E-state index is -0.817. The molecule has 0 unspecified atom stereocenters. The maximum Gasteiger partial charge on any atom is 0.306 e. The maximum absolute atomic E-state index is 12.8. The maximum atomic E-state index is 12.8. The number of rotatable bonds is 52. The van der Waals surface area contributed by atoms with E-state index in [-0.39, 0.29) is 37.5 Å². The van der Waals surface area contributed by atoms with Gasteiger partial charge in [-0.1, -0.05) is 253 Å². The summed E-state index contributed by atoms with van der Waals surface area (Å²) in [6, 6.07) is 0. The summed E-state index contributed by atoms with van der Waals surface area (Å²) in [7, 11) is 0. The van der Waals surface area contributed by atoms with Crippen LogP contribution in [0.25, 0.3) is 0 Å². The molecule has 0 aliphatic heterocycles. The standard InChI is InChI=1S/C64H108O6/c1-4-7-10-13-16-19-22-25-28-31-34-36-39-42-45-48-51-54-57-63(66)69-60-61(70-64(67)58-55-52-49-46-43-40-37-33-30-27-24-21-18-15-12-9-6-3)59-68-62(65)56-53-50-47-44-41-38-35-32-29-26-23-20-17-14-11-8-5-2/h9,12,17-18,20-21,26-27,29-30,35,37-38,40,46,49,61H,4-8,10-11,13-16,19,22-25,28,31-34,36,39,41-45,47-48,50-60H2,1-3H3/b12-9+,20-17+,21-18+,29-26+,30-27+,38-35+,40-37+,49-46+/t61-/m1/s1. The lowest BCUT2D eigenvalue weighted by Gasteiger charge is -2.18. The minimum absolute atomic E-state index is 0.106. The summed E-state index contributed by atoms with van der Waals surface area (Å²) in [5, 5.41) is 0. The lowest BCUT2D eigenvalue weighted by molar-refractivity contribution is -0.167. The number of carbonyl (C=O) groups excluding carboxylic acids is 3. The summed E-state index contributed by atoms with van der Waals surface area (Å²) < 4.78 is 16.8. The van der Waals surface area contributed by atoms with Gasteiger partial charge in [0.2, 0.25) is 0 Å². The van der Waals surface area contributed by atoms with E-state index in [4.69, 9.17) is 14.2 Å². The van der Waals surface area contributed by atoms with E-state index < -0.39 is 6.10 Å². The molecule has 1 atom stereocenters. The average Bonchev–Trinajstić information content (AvgIpc) is 3.36. The topological polar surface area (TPSA) is 78.9 Å². The van der Waals surface area contributed by atoms with Crippen LogP contribution < -0.4 is 0 Å². The Balaban J connectivity index is 4.49. The molecule has 0 saturated heterocycles. The molecule has 0 amide bonds. The Hall–Kier alpha value is -3.67. The van der Waals surface area contributed by atoms with Crippen LogP contribution in [-0.2, 0) is 28.6 Å². The Morgan fingerprint density at radius 3 is 0.943 bits per heavy atom. The third kappa shape index (κ3) is 55.3. The van der Waals surface area contributed by atoms with Gasteiger partial charge in [0.15, 0.2) is 6.10 Å². The van der Waals surface area contributed by atoms with Crippen molar-refractivity contribution in [3.63, 3.8) is 0 Å². The van der Waals surface area contributed by atoms with Crippen molar-refractivity contribution in [2.75, 3.05) is 13.2 Å². The van der Waals surface area contributed by atoms with Crippen LogP contribution in [-0.4, -0.2) is 37.2 Å². The quantitative estimate of drug-likeness (QED) is 0.0262. The Morgan fingerprint density at radius 1 is 0.300 bits per heavy atom. The molecule has 0 aromatic rings. The first kappa shape index (κ1) is 66.3. The van der Waals surface area contributed by atoms with Gasteiger partial charge in [-0.15, -0.1) is 0 Å². The van der Waals surface area contributed by atoms with Crippen LogP contribution in [0.5, 0.6) is 0 Å². The molecule has 400 valence electrons. The molecule has 0 saturated carbocycles. The number of hydrogen-bond donors (Lipinski definition) is 0. The van der Waals surface area contributed by atoms with E-state index in [1.807, 2.05) is 0 Å². The van der Waals surface area contributed by atoms with Gasteiger partial charge in [-0.05, 0) is 96.3 Å². The van der Waals surface area contributed by atoms with E-state index in [0.717, 1.165) is 103 Å². The van der Waals surface area contributed by atoms with Crippen molar-refractivity contribution in [2.45, 2.75) is 277 Å². The van der Waals surface area contributed by atoms with Crippen molar-refractivity contribution in [3.8, 4) is 0 Å². The van der Waals surface area contributed by atoms with Crippen LogP contribution in [0.15, 0.2) is 97.2 Å². The molecule has 0 heterocycles. The van der Waals surface area contributed by atoms with Crippen LogP contribution in [0.3, 0.4) is 0 Å². The fourth-order valence-corrected chi connectivity index (χ4v) is 7.96. The predicted octanol–water partition coefficient (Wildman–Crippen LogP) is 19.7. The molecule has 6 heteroatoms. The van der Waals surface area contributed by atoms with Crippen molar-refractivity contribution >= 4 is 17.9 Å². The number of ether oxygens (including phenoxy) is 3. The summed E-state index contributed by atoms with van der Waals surface area (Å²) in [6.07, 6.45) is 76.9. The first-order valence-electron chi connectivity index (χ1n) is 29.2. The van der Waals surface area contributed by atoms with Gasteiger partial charge in [0.1, 0.15) is 13.2 Å². The zero-order valence-corrected chi connectivity index (χ0v) is 45.8. The second kappa shape index (κ2) is 57.9. The molecule has 70 heavy (non-hydrogen) atoms. The highest BCUT2D eigenvalue weighted by molar-refractivity contribution is 5.71. The number of esters is 3. The summed E-state index contributed by atoms with van der Waals surface area (Å²) in [6.45, 7) is 6.45. The van der Waals surface area contributed by atoms with Crippen molar-refractivity contribution in [2.24, 2.45) is 0 Å². The summed E-state index contributed by atoms with van der Waals surface area (Å²) in [5.41, 5.74) is 0. The Morgan fingerprint density at radius 2 is 0.571 bits per heavy atom. The smallest absolute Gasteiger partial charge is 0.306 e. The monoisotopic (exact) mass is 973 g/mol. The van der Waals surface area contributed by atoms with Gasteiger partial charge in [0.05, 0.1) is 0 Å². The molecule has 0 N–H and O–H groups in total. The zero-order chi connectivity index (χ0) is 50.7. The Labute approximate surface area is 432 Å². The first-order chi connectivity index (χ1) is 34.5. The molecular formula is C64H108O6. The predicted molar refractivity (Wildman–Crippen MR) is 302 cm³/mol. The minimum Gasteiger partial charge on any atom is -0.462 e. The first-order valence-corrected chi connectivity index (χ1v) is 29.2. The van der Waals surface area contributed by atoms with Gasteiger partial charge >= 0.3 is 17.9 Å². The van der Waals surface area contributed by atoms with Crippen molar-refractivity contribution in [3.05, 3.63) is 97.2 Å². The van der Waals surface area contributed by atoms with Crippen LogP contribution in [0.1, 0.15) is 271 Å². The third-order valence-corrected chi connectivity index (χ3v) is 12.3. The number of hydrogen-bond acceptors (Lipinski definition) is 6. The van der Waals surface area contributed by atoms with Gasteiger partial charge < -0.3 is 14.2 Å². The highest BCUT2D eigenvalue weighted by Gasteiger charge is 2.19. The molecule has 0 fully saturated rings. The fourth-order valence-electron chi connectivity index (χ4n) is 7.96. The normalized spacial score (nSPS) is 12.8. The third-order valence-electron chi connectivity index (χ3n) is 12.3. The molecule has 0 aromatic carbocycles. The van der Waals surface area contributed by atoms with Crippen LogP contribution in [0.4, 0.5) is 0 Å². The molecule has 6 nitrogen and oxygen atoms in total. The molecule has 0 aliphatic rings. The summed E-state index contributed by atoms with van der Waals surface area (Å²) >= 11 is 0. The van der Waals surface area contributed by atoms with Gasteiger partial charge in [-0.2, -0.15) is 0 Å². The van der Waals surface area contributed by atoms with Gasteiger partial charge in [-0.25, -0.2) is 0 Å². The lowest BCUT2D eigenvalue weighted by Crippen LogP contribution is -2.30. The Kier molecular flexibility index (Phi) is 54.9. The van der Waals surface area contributed by atoms with Crippen LogP contribution in [0, 0.1) is 0 Å². The number of carbonyl (C=O) groups is 3. The summed E-state index contributed by atoms with van der Waals surface area (Å²) in [5.74, 6) is -0.982. The van der Waals surface area contributed by atoms with Crippen LogP contribution >= 0.6 is 0 Å². The average molecular weight is 974 g/mol. The molecule has 0 aliphatic carbocycles. The van der Waals surface area contributed by atoms with Gasteiger partial charge in [-0.3, -0.25) is 14.4 Å². The Bertz CT molecular complexity index is 1400. The second-order valence-electron chi connectivity index (χ2n) is 19.2. The second-order valence-corrected chi connectivity index (χ2v) is 19.2. The van der Waals surface area contributed by atoms with E-state index in [1.165, 1.54) is 122 Å². The zero-order valence-electron chi connectivity index (χ0n) is 45.8. The SMILES string of the molecule is CC/C=C/C/C=C/C/C=C/C/C=C/C/C=C/CCCC(=O)O[C@H](COC(=O)CCCCCC/C=C/C/C=C/C/C=C/CCCCC)COC(=O)CCCCCCCCCCCCCCCCCCCC. The van der Waals surface area contributed by atoms with Crippen molar-refractivity contribution in [1.29, 1.82) is 0 Å². The van der Waals surface area contributed by atoms with Crippen molar-refractivity contribution in [1.82, 2.24) is 0 Å². The number of allylic oxidation sites excluding steroid dienone is 16. The molecule has 0 radical (unpaired) electrons. The van der Waals surface area contributed by atoms with E-state index in [0.29, 0.717) is 19.3 Å². The van der Waals surface area contributed by atoms with E-state index in [9.17, 15) is 14.4 Å². The summed E-state index contributed by atoms with van der Waals surface area (Å²) in [4.78, 5) is 38.2. The molecule has 0 spiro atoms. The van der Waals surface area contributed by atoms with Gasteiger partial charge in [0, 0.05) is 19.3 Å². The largest absolute Gasteiger partial charge is 0.462 e. The highest BCUT2D eigenvalue weighted by atomic mass is 16.6. The van der Waals surface area contributed by atoms with Gasteiger partial charge in [0.25, 0.3) is 0 Å². The fraction of sp³-hybridized carbons (Fsp3) is 0.703.